The number of H-pyrrole nitrogens is 1. The van der Waals surface area contributed by atoms with Crippen LogP contribution in [0.15, 0.2) is 21.9 Å². The van der Waals surface area contributed by atoms with Crippen molar-refractivity contribution in [2.45, 2.75) is 24.8 Å². The van der Waals surface area contributed by atoms with Gasteiger partial charge in [-0.25, -0.2) is 9.18 Å². The zero-order valence-corrected chi connectivity index (χ0v) is 11.2. The molecule has 2 rings (SSSR count). The Morgan fingerprint density at radius 3 is 2.86 bits per heavy atom. The summed E-state index contributed by atoms with van der Waals surface area (Å²) in [5.41, 5.74) is -1.56. The summed E-state index contributed by atoms with van der Waals surface area (Å²) < 4.78 is 23.8. The minimum Gasteiger partial charge on any atom is -0.387 e. The minimum absolute atomic E-state index is 0.662. The van der Waals surface area contributed by atoms with E-state index in [2.05, 4.69) is 9.56 Å². The second-order valence-electron chi connectivity index (χ2n) is 4.01. The van der Waals surface area contributed by atoms with E-state index >= 15 is 0 Å². The Morgan fingerprint density at radius 2 is 2.24 bits per heavy atom. The summed E-state index contributed by atoms with van der Waals surface area (Å²) in [5, 5.41) is 18.2. The van der Waals surface area contributed by atoms with Crippen molar-refractivity contribution in [3.05, 3.63) is 33.1 Å². The summed E-state index contributed by atoms with van der Waals surface area (Å²) in [7, 11) is -2.32. The number of ether oxygens (including phenoxy) is 1. The van der Waals surface area contributed by atoms with Gasteiger partial charge in [-0.3, -0.25) is 14.3 Å². The van der Waals surface area contributed by atoms with E-state index in [1.807, 2.05) is 4.98 Å². The fourth-order valence-corrected chi connectivity index (χ4v) is 1.89. The largest absolute Gasteiger partial charge is 0.387 e. The molecule has 0 aromatic carbocycles. The van der Waals surface area contributed by atoms with Crippen molar-refractivity contribution < 1.29 is 33.8 Å². The Balaban J connectivity index is 2.12. The van der Waals surface area contributed by atoms with Gasteiger partial charge >= 0.3 is 5.69 Å². The Kier molecular flexibility index (Phi) is 5.17. The number of halogens is 1. The molecular weight excluding hydrogens is 314 g/mol. The maximum Gasteiger partial charge on any atom is 0.330 e. The molecule has 0 bridgehead atoms. The van der Waals surface area contributed by atoms with Crippen molar-refractivity contribution in [2.24, 2.45) is 0 Å². The standard InChI is InChI=1S/C9H12FN2O8P/c10-5-6(15)7(12-2-1-4(14)11-9(12)16)18-8(5)19-20-21(17)3-13/h1-2,5-8,13,15,17H,3H2,(H,11,14,16)/t5?,6-,7+,8+,21?/m0/s1. The number of aliphatic hydroxyl groups is 2. The quantitative estimate of drug-likeness (QED) is 0.285. The highest BCUT2D eigenvalue weighted by atomic mass is 31.2. The molecule has 1 aromatic heterocycles. The molecular formula is C9H12FN2O8P. The lowest BCUT2D eigenvalue weighted by Crippen LogP contribution is -2.36. The van der Waals surface area contributed by atoms with E-state index in [9.17, 15) is 19.1 Å². The number of nitrogens with one attached hydrogen (secondary N) is 1. The summed E-state index contributed by atoms with van der Waals surface area (Å²) in [6, 6.07) is 0.994. The van der Waals surface area contributed by atoms with Crippen LogP contribution in [0.4, 0.5) is 4.39 Å². The van der Waals surface area contributed by atoms with Crippen LogP contribution in [-0.2, 0) is 14.3 Å². The summed E-state index contributed by atoms with van der Waals surface area (Å²) in [6.07, 6.45) is -6.70. The third kappa shape index (κ3) is 3.52. The van der Waals surface area contributed by atoms with E-state index < -0.39 is 50.8 Å². The van der Waals surface area contributed by atoms with Crippen LogP contribution in [0.2, 0.25) is 0 Å². The fourth-order valence-electron chi connectivity index (χ4n) is 1.66. The van der Waals surface area contributed by atoms with Crippen molar-refractivity contribution >= 4 is 8.38 Å². The maximum absolute atomic E-state index is 13.8. The molecule has 2 unspecified atom stereocenters. The number of nitrogens with zero attached hydrogens (tertiary/aromatic N) is 1. The molecule has 21 heavy (non-hydrogen) atoms. The second-order valence-corrected chi connectivity index (χ2v) is 5.15. The molecule has 5 atom stereocenters. The molecule has 1 aromatic rings. The van der Waals surface area contributed by atoms with Gasteiger partial charge in [0.25, 0.3) is 5.56 Å². The van der Waals surface area contributed by atoms with Gasteiger partial charge in [0.1, 0.15) is 12.5 Å². The van der Waals surface area contributed by atoms with E-state index in [4.69, 9.17) is 14.7 Å². The zero-order chi connectivity index (χ0) is 15.6. The number of aromatic amines is 1. The maximum atomic E-state index is 13.8. The molecule has 1 aliphatic heterocycles. The number of aliphatic hydroxyl groups excluding tert-OH is 2. The van der Waals surface area contributed by atoms with Crippen molar-refractivity contribution in [1.29, 1.82) is 0 Å². The molecule has 118 valence electrons. The van der Waals surface area contributed by atoms with Crippen LogP contribution >= 0.6 is 8.38 Å². The number of aromatic nitrogens is 2. The fraction of sp³-hybridized carbons (Fsp3) is 0.556. The third-order valence-electron chi connectivity index (χ3n) is 2.62. The first-order valence-corrected chi connectivity index (χ1v) is 7.03. The van der Waals surface area contributed by atoms with Crippen molar-refractivity contribution in [3.63, 3.8) is 0 Å². The highest BCUT2D eigenvalue weighted by Gasteiger charge is 2.47. The number of hydrogen-bond acceptors (Lipinski definition) is 8. The van der Waals surface area contributed by atoms with Crippen LogP contribution < -0.4 is 11.2 Å². The predicted octanol–water partition coefficient (Wildman–Crippen LogP) is -1.71. The first kappa shape index (κ1) is 16.2. The molecule has 1 aliphatic rings. The van der Waals surface area contributed by atoms with Gasteiger partial charge in [0.2, 0.25) is 14.7 Å². The predicted molar refractivity (Wildman–Crippen MR) is 64.5 cm³/mol. The smallest absolute Gasteiger partial charge is 0.330 e. The van der Waals surface area contributed by atoms with Crippen molar-refractivity contribution in [2.75, 3.05) is 6.35 Å². The van der Waals surface area contributed by atoms with E-state index in [1.54, 1.807) is 0 Å². The average Bonchev–Trinajstić information content (AvgIpc) is 2.73. The molecule has 1 saturated heterocycles. The van der Waals surface area contributed by atoms with Crippen LogP contribution in [0.3, 0.4) is 0 Å². The normalized spacial score (nSPS) is 30.5. The van der Waals surface area contributed by atoms with Crippen LogP contribution in [-0.4, -0.2) is 49.6 Å². The van der Waals surface area contributed by atoms with E-state index in [1.165, 1.54) is 0 Å². The number of rotatable bonds is 5. The third-order valence-corrected chi connectivity index (χ3v) is 3.12. The molecule has 10 nitrogen and oxygen atoms in total. The van der Waals surface area contributed by atoms with Crippen LogP contribution in [0, 0.1) is 0 Å². The highest BCUT2D eigenvalue weighted by molar-refractivity contribution is 7.45. The summed E-state index contributed by atoms with van der Waals surface area (Å²) in [4.78, 5) is 37.8. The van der Waals surface area contributed by atoms with Gasteiger partial charge in [-0.2, -0.15) is 9.56 Å². The van der Waals surface area contributed by atoms with Gasteiger partial charge < -0.3 is 19.8 Å². The van der Waals surface area contributed by atoms with Crippen LogP contribution in [0.1, 0.15) is 6.23 Å². The molecule has 0 radical (unpaired) electrons. The van der Waals surface area contributed by atoms with E-state index in [0.717, 1.165) is 16.8 Å². The van der Waals surface area contributed by atoms with Gasteiger partial charge in [-0.05, 0) is 0 Å². The first-order chi connectivity index (χ1) is 9.93. The minimum atomic E-state index is -2.32. The lowest BCUT2D eigenvalue weighted by atomic mass is 10.2. The van der Waals surface area contributed by atoms with Gasteiger partial charge in [-0.1, -0.05) is 0 Å². The van der Waals surface area contributed by atoms with Gasteiger partial charge in [0.15, 0.2) is 12.4 Å². The summed E-state index contributed by atoms with van der Waals surface area (Å²) in [6.45, 7) is 0. The van der Waals surface area contributed by atoms with Crippen LogP contribution in [0.5, 0.6) is 0 Å². The zero-order valence-electron chi connectivity index (χ0n) is 10.3. The van der Waals surface area contributed by atoms with Gasteiger partial charge in [0.05, 0.1) is 0 Å². The van der Waals surface area contributed by atoms with Crippen LogP contribution in [0.25, 0.3) is 0 Å². The molecule has 0 spiro atoms. The molecule has 2 heterocycles. The van der Waals surface area contributed by atoms with E-state index in [-0.39, 0.29) is 0 Å². The number of alkyl halides is 1. The summed E-state index contributed by atoms with van der Waals surface area (Å²) in [5.74, 6) is 0. The summed E-state index contributed by atoms with van der Waals surface area (Å²) >= 11 is 0. The Labute approximate surface area is 117 Å². The second kappa shape index (κ2) is 6.71. The number of hydrogen-bond donors (Lipinski definition) is 4. The average molecular weight is 326 g/mol. The Morgan fingerprint density at radius 1 is 1.52 bits per heavy atom. The van der Waals surface area contributed by atoms with Gasteiger partial charge in [-0.15, -0.1) is 0 Å². The topological polar surface area (TPSA) is 143 Å². The SMILES string of the molecule is O=c1ccn([C@@H]2O[C@H](OOP(O)CO)C(F)[C@@H]2O)c(=O)[nH]1. The molecule has 0 aliphatic carbocycles. The molecule has 4 N–H and O–H groups in total. The lowest BCUT2D eigenvalue weighted by molar-refractivity contribution is -0.328. The van der Waals surface area contributed by atoms with Gasteiger partial charge in [0, 0.05) is 12.3 Å². The van der Waals surface area contributed by atoms with Crippen molar-refractivity contribution in [1.82, 2.24) is 9.55 Å². The molecule has 12 heteroatoms. The monoisotopic (exact) mass is 326 g/mol. The molecule has 1 fully saturated rings. The van der Waals surface area contributed by atoms with E-state index in [0.29, 0.717) is 0 Å². The lowest BCUT2D eigenvalue weighted by Gasteiger charge is -2.16. The first-order valence-electron chi connectivity index (χ1n) is 5.64. The molecule has 0 saturated carbocycles. The molecule has 0 amide bonds. The highest BCUT2D eigenvalue weighted by Crippen LogP contribution is 2.35. The Bertz CT molecular complexity index is 594. The van der Waals surface area contributed by atoms with Crippen molar-refractivity contribution in [3.8, 4) is 0 Å². The Hall–Kier alpha value is -1.20.